The molecule has 3 heteroatoms. The Bertz CT molecular complexity index is 392. The van der Waals surface area contributed by atoms with E-state index in [1.165, 1.54) is 32.1 Å². The highest BCUT2D eigenvalue weighted by Crippen LogP contribution is 2.27. The number of aromatic hydroxyl groups is 1. The lowest BCUT2D eigenvalue weighted by Gasteiger charge is -2.35. The van der Waals surface area contributed by atoms with E-state index in [1.54, 1.807) is 12.1 Å². The zero-order valence-electron chi connectivity index (χ0n) is 11.0. The molecule has 1 aliphatic rings. The minimum absolute atomic E-state index is 0.361. The number of phenols is 1. The Morgan fingerprint density at radius 1 is 1.39 bits per heavy atom. The lowest BCUT2D eigenvalue weighted by atomic mass is 9.97. The van der Waals surface area contributed by atoms with E-state index in [4.69, 9.17) is 11.6 Å². The summed E-state index contributed by atoms with van der Waals surface area (Å²) < 4.78 is 0. The largest absolute Gasteiger partial charge is 0.508 e. The van der Waals surface area contributed by atoms with Crippen molar-refractivity contribution < 1.29 is 5.11 Å². The second-order valence-electron chi connectivity index (χ2n) is 5.18. The zero-order chi connectivity index (χ0) is 13.0. The number of nitrogens with zero attached hydrogens (tertiary/aromatic N) is 1. The Hall–Kier alpha value is -0.730. The summed E-state index contributed by atoms with van der Waals surface area (Å²) in [5.41, 5.74) is 0.950. The normalized spacial score (nSPS) is 21.1. The van der Waals surface area contributed by atoms with Gasteiger partial charge < -0.3 is 5.11 Å². The minimum atomic E-state index is 0.361. The van der Waals surface area contributed by atoms with Gasteiger partial charge in [-0.1, -0.05) is 31.4 Å². The first kappa shape index (κ1) is 13.7. The van der Waals surface area contributed by atoms with E-state index in [1.807, 2.05) is 6.07 Å². The standard InChI is InChI=1S/C15H22ClNO/c1-2-5-14-6-3-4-9-17(14)11-12-10-13(16)7-8-15(12)18/h7-8,10,14,18H,2-6,9,11H2,1H3. The van der Waals surface area contributed by atoms with E-state index in [0.29, 0.717) is 16.8 Å². The van der Waals surface area contributed by atoms with Crippen molar-refractivity contribution in [3.05, 3.63) is 28.8 Å². The van der Waals surface area contributed by atoms with E-state index in [0.717, 1.165) is 18.7 Å². The Balaban J connectivity index is 2.08. The van der Waals surface area contributed by atoms with Crippen LogP contribution in [0.25, 0.3) is 0 Å². The van der Waals surface area contributed by atoms with Crippen molar-refractivity contribution >= 4 is 11.6 Å². The van der Waals surface area contributed by atoms with Crippen molar-refractivity contribution in [2.24, 2.45) is 0 Å². The van der Waals surface area contributed by atoms with Gasteiger partial charge in [0.25, 0.3) is 0 Å². The summed E-state index contributed by atoms with van der Waals surface area (Å²) in [6.45, 7) is 4.19. The summed E-state index contributed by atoms with van der Waals surface area (Å²) in [5, 5.41) is 10.6. The molecule has 1 N–H and O–H groups in total. The lowest BCUT2D eigenvalue weighted by molar-refractivity contribution is 0.130. The second-order valence-corrected chi connectivity index (χ2v) is 5.62. The maximum Gasteiger partial charge on any atom is 0.120 e. The SMILES string of the molecule is CCCC1CCCCN1Cc1cc(Cl)ccc1O. The quantitative estimate of drug-likeness (QED) is 0.884. The molecule has 1 atom stereocenters. The van der Waals surface area contributed by atoms with E-state index in [-0.39, 0.29) is 0 Å². The lowest BCUT2D eigenvalue weighted by Crippen LogP contribution is -2.38. The summed E-state index contributed by atoms with van der Waals surface area (Å²) in [7, 11) is 0. The van der Waals surface area contributed by atoms with Gasteiger partial charge in [0, 0.05) is 23.2 Å². The molecule has 1 aromatic carbocycles. The van der Waals surface area contributed by atoms with E-state index < -0.39 is 0 Å². The van der Waals surface area contributed by atoms with Gasteiger partial charge in [0.1, 0.15) is 5.75 Å². The third-order valence-electron chi connectivity index (χ3n) is 3.79. The second kappa shape index (κ2) is 6.44. The van der Waals surface area contributed by atoms with Crippen LogP contribution >= 0.6 is 11.6 Å². The van der Waals surface area contributed by atoms with Crippen LogP contribution in [0.2, 0.25) is 5.02 Å². The molecule has 1 unspecified atom stereocenters. The van der Waals surface area contributed by atoms with Crippen molar-refractivity contribution in [3.63, 3.8) is 0 Å². The summed E-state index contributed by atoms with van der Waals surface area (Å²) in [4.78, 5) is 2.50. The van der Waals surface area contributed by atoms with Crippen LogP contribution in [0.3, 0.4) is 0 Å². The average molecular weight is 268 g/mol. The van der Waals surface area contributed by atoms with Crippen LogP contribution in [0.15, 0.2) is 18.2 Å². The van der Waals surface area contributed by atoms with Gasteiger partial charge in [-0.15, -0.1) is 0 Å². The topological polar surface area (TPSA) is 23.5 Å². The number of rotatable bonds is 4. The van der Waals surface area contributed by atoms with Gasteiger partial charge in [-0.05, 0) is 44.0 Å². The van der Waals surface area contributed by atoms with Crippen molar-refractivity contribution in [2.45, 2.75) is 51.6 Å². The Morgan fingerprint density at radius 2 is 2.22 bits per heavy atom. The van der Waals surface area contributed by atoms with E-state index >= 15 is 0 Å². The molecule has 0 amide bonds. The van der Waals surface area contributed by atoms with Gasteiger partial charge >= 0.3 is 0 Å². The van der Waals surface area contributed by atoms with Crippen molar-refractivity contribution in [1.29, 1.82) is 0 Å². The predicted octanol–water partition coefficient (Wildman–Crippen LogP) is 4.20. The van der Waals surface area contributed by atoms with Gasteiger partial charge in [-0.25, -0.2) is 0 Å². The molecule has 1 heterocycles. The fraction of sp³-hybridized carbons (Fsp3) is 0.600. The van der Waals surface area contributed by atoms with E-state index in [2.05, 4.69) is 11.8 Å². The van der Waals surface area contributed by atoms with Crippen LogP contribution in [0, 0.1) is 0 Å². The molecule has 2 rings (SSSR count). The molecule has 0 bridgehead atoms. The maximum absolute atomic E-state index is 9.90. The van der Waals surface area contributed by atoms with Gasteiger partial charge in [0.2, 0.25) is 0 Å². The highest BCUT2D eigenvalue weighted by atomic mass is 35.5. The van der Waals surface area contributed by atoms with E-state index in [9.17, 15) is 5.11 Å². The van der Waals surface area contributed by atoms with Crippen LogP contribution in [-0.2, 0) is 6.54 Å². The number of halogens is 1. The molecule has 1 saturated heterocycles. The number of hydrogen-bond acceptors (Lipinski definition) is 2. The van der Waals surface area contributed by atoms with Gasteiger partial charge in [0.05, 0.1) is 0 Å². The number of benzene rings is 1. The molecule has 0 radical (unpaired) electrons. The molecule has 2 nitrogen and oxygen atoms in total. The van der Waals surface area contributed by atoms with Crippen LogP contribution < -0.4 is 0 Å². The molecule has 0 aromatic heterocycles. The minimum Gasteiger partial charge on any atom is -0.508 e. The number of hydrogen-bond donors (Lipinski definition) is 1. The Labute approximate surface area is 115 Å². The first-order valence-corrected chi connectivity index (χ1v) is 7.30. The van der Waals surface area contributed by atoms with Crippen LogP contribution in [-0.4, -0.2) is 22.6 Å². The maximum atomic E-state index is 9.90. The molecule has 1 aliphatic heterocycles. The molecule has 0 saturated carbocycles. The van der Waals surface area contributed by atoms with Crippen molar-refractivity contribution in [1.82, 2.24) is 4.90 Å². The first-order valence-electron chi connectivity index (χ1n) is 6.92. The molecule has 0 aliphatic carbocycles. The number of piperidine rings is 1. The number of phenolic OH excluding ortho intramolecular Hbond substituents is 1. The highest BCUT2D eigenvalue weighted by molar-refractivity contribution is 6.30. The third-order valence-corrected chi connectivity index (χ3v) is 4.02. The summed E-state index contributed by atoms with van der Waals surface area (Å²) in [6, 6.07) is 5.98. The van der Waals surface area contributed by atoms with Crippen molar-refractivity contribution in [3.8, 4) is 5.75 Å². The molecule has 0 spiro atoms. The van der Waals surface area contributed by atoms with Gasteiger partial charge in [0.15, 0.2) is 0 Å². The summed E-state index contributed by atoms with van der Waals surface area (Å²) >= 11 is 6.00. The number of likely N-dealkylation sites (tertiary alicyclic amines) is 1. The fourth-order valence-corrected chi connectivity index (χ4v) is 3.02. The molecule has 1 aromatic rings. The van der Waals surface area contributed by atoms with Crippen LogP contribution in [0.4, 0.5) is 0 Å². The first-order chi connectivity index (χ1) is 8.70. The predicted molar refractivity (Wildman–Crippen MR) is 76.1 cm³/mol. The van der Waals surface area contributed by atoms with Crippen LogP contribution in [0.1, 0.15) is 44.6 Å². The smallest absolute Gasteiger partial charge is 0.120 e. The van der Waals surface area contributed by atoms with Gasteiger partial charge in [-0.2, -0.15) is 0 Å². The third kappa shape index (κ3) is 3.39. The molecular formula is C15H22ClNO. The monoisotopic (exact) mass is 267 g/mol. The molecule has 18 heavy (non-hydrogen) atoms. The van der Waals surface area contributed by atoms with Crippen molar-refractivity contribution in [2.75, 3.05) is 6.54 Å². The summed E-state index contributed by atoms with van der Waals surface area (Å²) in [5.74, 6) is 0.361. The fourth-order valence-electron chi connectivity index (χ4n) is 2.83. The van der Waals surface area contributed by atoms with Gasteiger partial charge in [-0.3, -0.25) is 4.90 Å². The molecule has 1 fully saturated rings. The summed E-state index contributed by atoms with van der Waals surface area (Å²) in [6.07, 6.45) is 6.36. The molecule has 100 valence electrons. The Morgan fingerprint density at radius 3 is 3.00 bits per heavy atom. The Kier molecular flexibility index (Phi) is 4.90. The molecular weight excluding hydrogens is 246 g/mol. The van der Waals surface area contributed by atoms with Crippen LogP contribution in [0.5, 0.6) is 5.75 Å². The zero-order valence-corrected chi connectivity index (χ0v) is 11.8. The highest BCUT2D eigenvalue weighted by Gasteiger charge is 2.22. The average Bonchev–Trinajstić information content (AvgIpc) is 2.36.